The second-order valence-corrected chi connectivity index (χ2v) is 6.95. The van der Waals surface area contributed by atoms with Crippen LogP contribution in [0.1, 0.15) is 34.8 Å². The van der Waals surface area contributed by atoms with Gasteiger partial charge in [0.15, 0.2) is 10.8 Å². The van der Waals surface area contributed by atoms with Crippen LogP contribution in [0.25, 0.3) is 10.8 Å². The van der Waals surface area contributed by atoms with Crippen LogP contribution in [0.3, 0.4) is 0 Å². The van der Waals surface area contributed by atoms with Crippen LogP contribution in [0.4, 0.5) is 0 Å². The van der Waals surface area contributed by atoms with Crippen molar-refractivity contribution >= 4 is 17.2 Å². The number of amides is 1. The SMILES string of the molecule is Cc1nc(-c2ncccn2)sc1C(=O)NC(C)(C)c1ccccc1. The van der Waals surface area contributed by atoms with Crippen LogP contribution in [-0.4, -0.2) is 20.9 Å². The summed E-state index contributed by atoms with van der Waals surface area (Å²) >= 11 is 1.31. The number of nitrogens with zero attached hydrogens (tertiary/aromatic N) is 3. The molecule has 0 aliphatic rings. The van der Waals surface area contributed by atoms with Crippen LogP contribution in [0.15, 0.2) is 48.8 Å². The normalized spacial score (nSPS) is 11.3. The second kappa shape index (κ2) is 6.49. The van der Waals surface area contributed by atoms with Gasteiger partial charge in [0.25, 0.3) is 5.91 Å². The summed E-state index contributed by atoms with van der Waals surface area (Å²) in [6, 6.07) is 11.6. The highest BCUT2D eigenvalue weighted by Gasteiger charge is 2.26. The molecule has 0 fully saturated rings. The van der Waals surface area contributed by atoms with E-state index in [9.17, 15) is 4.79 Å². The van der Waals surface area contributed by atoms with Crippen molar-refractivity contribution in [3.63, 3.8) is 0 Å². The van der Waals surface area contributed by atoms with E-state index in [1.165, 1.54) is 11.3 Å². The Morgan fingerprint density at radius 1 is 1.08 bits per heavy atom. The number of rotatable bonds is 4. The summed E-state index contributed by atoms with van der Waals surface area (Å²) in [6.07, 6.45) is 3.33. The molecule has 0 aliphatic heterocycles. The van der Waals surface area contributed by atoms with E-state index in [0.29, 0.717) is 21.4 Å². The van der Waals surface area contributed by atoms with E-state index in [1.807, 2.05) is 51.1 Å². The quantitative estimate of drug-likeness (QED) is 0.789. The molecule has 0 aliphatic carbocycles. The Labute approximate surface area is 144 Å². The van der Waals surface area contributed by atoms with Crippen molar-refractivity contribution in [3.8, 4) is 10.8 Å². The van der Waals surface area contributed by atoms with Crippen LogP contribution in [0.5, 0.6) is 0 Å². The van der Waals surface area contributed by atoms with Crippen molar-refractivity contribution in [2.45, 2.75) is 26.3 Å². The number of hydrogen-bond donors (Lipinski definition) is 1. The van der Waals surface area contributed by atoms with Gasteiger partial charge in [0.1, 0.15) is 4.88 Å². The molecule has 6 heteroatoms. The molecule has 1 aromatic carbocycles. The van der Waals surface area contributed by atoms with Crippen LogP contribution >= 0.6 is 11.3 Å². The Morgan fingerprint density at radius 3 is 2.42 bits per heavy atom. The summed E-state index contributed by atoms with van der Waals surface area (Å²) in [6.45, 7) is 5.79. The van der Waals surface area contributed by atoms with E-state index in [2.05, 4.69) is 20.3 Å². The molecule has 24 heavy (non-hydrogen) atoms. The molecule has 2 aromatic heterocycles. The predicted molar refractivity (Wildman–Crippen MR) is 94.8 cm³/mol. The first kappa shape index (κ1) is 16.3. The lowest BCUT2D eigenvalue weighted by atomic mass is 9.94. The third-order valence-corrected chi connectivity index (χ3v) is 4.83. The molecule has 0 atom stereocenters. The van der Waals surface area contributed by atoms with E-state index in [1.54, 1.807) is 18.5 Å². The zero-order chi connectivity index (χ0) is 17.2. The minimum atomic E-state index is -0.474. The Balaban J connectivity index is 1.85. The molecular formula is C18H18N4OS. The van der Waals surface area contributed by atoms with Crippen LogP contribution < -0.4 is 5.32 Å². The van der Waals surface area contributed by atoms with Gasteiger partial charge in [0.2, 0.25) is 0 Å². The van der Waals surface area contributed by atoms with E-state index in [0.717, 1.165) is 5.56 Å². The molecule has 2 heterocycles. The van der Waals surface area contributed by atoms with Crippen molar-refractivity contribution in [1.29, 1.82) is 0 Å². The van der Waals surface area contributed by atoms with Gasteiger partial charge in [-0.1, -0.05) is 30.3 Å². The van der Waals surface area contributed by atoms with Crippen LogP contribution in [-0.2, 0) is 5.54 Å². The number of carbonyl (C=O) groups is 1. The molecular weight excluding hydrogens is 320 g/mol. The fraction of sp³-hybridized carbons (Fsp3) is 0.222. The van der Waals surface area contributed by atoms with Gasteiger partial charge in [-0.2, -0.15) is 0 Å². The first-order chi connectivity index (χ1) is 11.5. The number of hydrogen-bond acceptors (Lipinski definition) is 5. The minimum absolute atomic E-state index is 0.138. The molecule has 1 amide bonds. The maximum atomic E-state index is 12.7. The first-order valence-electron chi connectivity index (χ1n) is 7.60. The molecule has 0 spiro atoms. The van der Waals surface area contributed by atoms with Crippen LogP contribution in [0.2, 0.25) is 0 Å². The fourth-order valence-corrected chi connectivity index (χ4v) is 3.29. The Morgan fingerprint density at radius 2 is 1.75 bits per heavy atom. The number of thiazole rings is 1. The predicted octanol–water partition coefficient (Wildman–Crippen LogP) is 3.57. The Hall–Kier alpha value is -2.60. The second-order valence-electron chi connectivity index (χ2n) is 5.95. The van der Waals surface area contributed by atoms with Gasteiger partial charge in [-0.3, -0.25) is 4.79 Å². The number of nitrogens with one attached hydrogen (secondary N) is 1. The molecule has 0 saturated heterocycles. The number of benzene rings is 1. The Bertz CT molecular complexity index is 844. The van der Waals surface area contributed by atoms with Gasteiger partial charge in [0, 0.05) is 12.4 Å². The molecule has 3 aromatic rings. The van der Waals surface area contributed by atoms with Gasteiger partial charge in [-0.05, 0) is 32.4 Å². The van der Waals surface area contributed by atoms with E-state index >= 15 is 0 Å². The molecule has 122 valence electrons. The third-order valence-electron chi connectivity index (χ3n) is 3.68. The Kier molecular flexibility index (Phi) is 4.40. The minimum Gasteiger partial charge on any atom is -0.342 e. The largest absolute Gasteiger partial charge is 0.342 e. The summed E-state index contributed by atoms with van der Waals surface area (Å²) in [5.41, 5.74) is 1.26. The van der Waals surface area contributed by atoms with Gasteiger partial charge in [-0.25, -0.2) is 15.0 Å². The molecule has 0 bridgehead atoms. The highest BCUT2D eigenvalue weighted by molar-refractivity contribution is 7.17. The number of carbonyl (C=O) groups excluding carboxylic acids is 1. The van der Waals surface area contributed by atoms with Crippen molar-refractivity contribution < 1.29 is 4.79 Å². The maximum absolute atomic E-state index is 12.7. The van der Waals surface area contributed by atoms with Gasteiger partial charge in [-0.15, -0.1) is 11.3 Å². The molecule has 5 nitrogen and oxygen atoms in total. The van der Waals surface area contributed by atoms with E-state index < -0.39 is 5.54 Å². The molecule has 0 radical (unpaired) electrons. The summed E-state index contributed by atoms with van der Waals surface area (Å²) in [7, 11) is 0. The average molecular weight is 338 g/mol. The molecule has 0 unspecified atom stereocenters. The van der Waals surface area contributed by atoms with Crippen molar-refractivity contribution in [3.05, 3.63) is 64.9 Å². The number of aryl methyl sites for hydroxylation is 1. The third kappa shape index (κ3) is 3.33. The lowest BCUT2D eigenvalue weighted by Gasteiger charge is -2.26. The van der Waals surface area contributed by atoms with Crippen molar-refractivity contribution in [1.82, 2.24) is 20.3 Å². The fourth-order valence-electron chi connectivity index (χ4n) is 2.38. The lowest BCUT2D eigenvalue weighted by Crippen LogP contribution is -2.40. The summed E-state index contributed by atoms with van der Waals surface area (Å²) < 4.78 is 0. The van der Waals surface area contributed by atoms with Gasteiger partial charge in [0.05, 0.1) is 11.2 Å². The molecule has 1 N–H and O–H groups in total. The average Bonchev–Trinajstić information content (AvgIpc) is 2.98. The lowest BCUT2D eigenvalue weighted by molar-refractivity contribution is 0.0915. The van der Waals surface area contributed by atoms with Crippen LogP contribution in [0, 0.1) is 6.92 Å². The highest BCUT2D eigenvalue weighted by atomic mass is 32.1. The van der Waals surface area contributed by atoms with Gasteiger partial charge >= 0.3 is 0 Å². The molecule has 3 rings (SSSR count). The highest BCUT2D eigenvalue weighted by Crippen LogP contribution is 2.27. The van der Waals surface area contributed by atoms with Crippen molar-refractivity contribution in [2.24, 2.45) is 0 Å². The maximum Gasteiger partial charge on any atom is 0.263 e. The smallest absolute Gasteiger partial charge is 0.263 e. The summed E-state index contributed by atoms with van der Waals surface area (Å²) in [4.78, 5) is 26.1. The van der Waals surface area contributed by atoms with E-state index in [-0.39, 0.29) is 5.91 Å². The first-order valence-corrected chi connectivity index (χ1v) is 8.42. The molecule has 0 saturated carbocycles. The summed E-state index contributed by atoms with van der Waals surface area (Å²) in [5, 5.41) is 3.73. The standard InChI is InChI=1S/C18H18N4OS/c1-12-14(24-17(21-12)15-19-10-7-11-20-15)16(23)22-18(2,3)13-8-5-4-6-9-13/h4-11H,1-3H3,(H,22,23). The monoisotopic (exact) mass is 338 g/mol. The zero-order valence-electron chi connectivity index (χ0n) is 13.8. The zero-order valence-corrected chi connectivity index (χ0v) is 14.6. The van der Waals surface area contributed by atoms with Gasteiger partial charge < -0.3 is 5.32 Å². The number of aromatic nitrogens is 3. The topological polar surface area (TPSA) is 67.8 Å². The summed E-state index contributed by atoms with van der Waals surface area (Å²) in [5.74, 6) is 0.396. The van der Waals surface area contributed by atoms with E-state index in [4.69, 9.17) is 0 Å². The van der Waals surface area contributed by atoms with Crippen molar-refractivity contribution in [2.75, 3.05) is 0 Å².